The minimum Gasteiger partial charge on any atom is -0.310 e. The van der Waals surface area contributed by atoms with Crippen molar-refractivity contribution < 1.29 is 0 Å². The van der Waals surface area contributed by atoms with Crippen LogP contribution >= 0.6 is 0 Å². The Morgan fingerprint density at radius 3 is 2.44 bits per heavy atom. The maximum atomic E-state index is 3.65. The van der Waals surface area contributed by atoms with Crippen LogP contribution in [-0.2, 0) is 6.54 Å². The monoisotopic (exact) mass is 219 g/mol. The summed E-state index contributed by atoms with van der Waals surface area (Å²) in [5.41, 5.74) is 4.24. The highest BCUT2D eigenvalue weighted by molar-refractivity contribution is 5.32. The van der Waals surface area contributed by atoms with Crippen molar-refractivity contribution >= 4 is 0 Å². The second-order valence-corrected chi connectivity index (χ2v) is 5.00. The van der Waals surface area contributed by atoms with E-state index in [4.69, 9.17) is 0 Å². The van der Waals surface area contributed by atoms with Crippen LogP contribution in [0.4, 0.5) is 0 Å². The summed E-state index contributed by atoms with van der Waals surface area (Å²) in [6, 6.07) is 7.18. The highest BCUT2D eigenvalue weighted by Gasteiger charge is 2.10. The van der Waals surface area contributed by atoms with Gasteiger partial charge in [0.2, 0.25) is 0 Å². The van der Waals surface area contributed by atoms with Gasteiger partial charge in [-0.25, -0.2) is 0 Å². The first-order valence-electron chi connectivity index (χ1n) is 6.34. The van der Waals surface area contributed by atoms with Crippen LogP contribution in [0.25, 0.3) is 0 Å². The number of benzene rings is 1. The fourth-order valence-electron chi connectivity index (χ4n) is 2.10. The second kappa shape index (κ2) is 6.05. The van der Waals surface area contributed by atoms with Gasteiger partial charge in [-0.2, -0.15) is 0 Å². The predicted molar refractivity (Wildman–Crippen MR) is 71.7 cm³/mol. The third kappa shape index (κ3) is 3.34. The Bertz CT molecular complexity index is 328. The quantitative estimate of drug-likeness (QED) is 0.793. The van der Waals surface area contributed by atoms with Crippen molar-refractivity contribution in [2.24, 2.45) is 5.92 Å². The first kappa shape index (κ1) is 13.2. The van der Waals surface area contributed by atoms with Crippen molar-refractivity contribution in [3.8, 4) is 0 Å². The summed E-state index contributed by atoms with van der Waals surface area (Å²) < 4.78 is 0. The van der Waals surface area contributed by atoms with Gasteiger partial charge in [-0.05, 0) is 42.9 Å². The Hall–Kier alpha value is -0.820. The SMILES string of the molecule is CCC(NCc1cccc(C)c1C)C(C)C. The van der Waals surface area contributed by atoms with Gasteiger partial charge in [0, 0.05) is 12.6 Å². The molecule has 0 saturated carbocycles. The van der Waals surface area contributed by atoms with E-state index >= 15 is 0 Å². The van der Waals surface area contributed by atoms with Gasteiger partial charge in [-0.1, -0.05) is 39.0 Å². The van der Waals surface area contributed by atoms with Crippen LogP contribution < -0.4 is 5.32 Å². The number of rotatable bonds is 5. The van der Waals surface area contributed by atoms with Gasteiger partial charge in [0.1, 0.15) is 0 Å². The van der Waals surface area contributed by atoms with Crippen LogP contribution in [0, 0.1) is 19.8 Å². The Morgan fingerprint density at radius 1 is 1.19 bits per heavy atom. The maximum Gasteiger partial charge on any atom is 0.0210 e. The lowest BCUT2D eigenvalue weighted by atomic mass is 10.00. The summed E-state index contributed by atoms with van der Waals surface area (Å²) in [5, 5.41) is 3.65. The van der Waals surface area contributed by atoms with E-state index in [1.165, 1.54) is 23.1 Å². The van der Waals surface area contributed by atoms with Crippen molar-refractivity contribution in [2.75, 3.05) is 0 Å². The molecule has 0 fully saturated rings. The van der Waals surface area contributed by atoms with Gasteiger partial charge >= 0.3 is 0 Å². The third-order valence-corrected chi connectivity index (χ3v) is 3.52. The fourth-order valence-corrected chi connectivity index (χ4v) is 2.10. The van der Waals surface area contributed by atoms with E-state index in [2.05, 4.69) is 58.1 Å². The molecule has 0 aliphatic heterocycles. The zero-order valence-corrected chi connectivity index (χ0v) is 11.3. The molecule has 16 heavy (non-hydrogen) atoms. The zero-order chi connectivity index (χ0) is 12.1. The molecule has 1 atom stereocenters. The minimum absolute atomic E-state index is 0.625. The average molecular weight is 219 g/mol. The molecule has 0 amide bonds. The first-order chi connectivity index (χ1) is 7.56. The molecule has 1 rings (SSSR count). The van der Waals surface area contributed by atoms with E-state index < -0.39 is 0 Å². The molecule has 1 heteroatoms. The molecule has 0 heterocycles. The van der Waals surface area contributed by atoms with Crippen molar-refractivity contribution in [1.82, 2.24) is 5.32 Å². The Morgan fingerprint density at radius 2 is 1.88 bits per heavy atom. The van der Waals surface area contributed by atoms with Crippen LogP contribution in [0.5, 0.6) is 0 Å². The highest BCUT2D eigenvalue weighted by Crippen LogP contribution is 2.14. The van der Waals surface area contributed by atoms with E-state index in [1.807, 2.05) is 0 Å². The Balaban J connectivity index is 2.64. The first-order valence-corrected chi connectivity index (χ1v) is 6.34. The van der Waals surface area contributed by atoms with Crippen molar-refractivity contribution in [3.05, 3.63) is 34.9 Å². The highest BCUT2D eigenvalue weighted by atomic mass is 14.9. The molecule has 1 aromatic rings. The van der Waals surface area contributed by atoms with Gasteiger partial charge < -0.3 is 5.32 Å². The predicted octanol–water partition coefficient (Wildman–Crippen LogP) is 3.83. The molecule has 90 valence electrons. The van der Waals surface area contributed by atoms with E-state index in [0.717, 1.165) is 6.54 Å². The van der Waals surface area contributed by atoms with Crippen LogP contribution in [0.2, 0.25) is 0 Å². The van der Waals surface area contributed by atoms with Crippen LogP contribution in [0.3, 0.4) is 0 Å². The molecule has 0 spiro atoms. The number of hydrogen-bond acceptors (Lipinski definition) is 1. The van der Waals surface area contributed by atoms with Gasteiger partial charge in [0.25, 0.3) is 0 Å². The number of nitrogens with one attached hydrogen (secondary N) is 1. The second-order valence-electron chi connectivity index (χ2n) is 5.00. The average Bonchev–Trinajstić information content (AvgIpc) is 2.24. The van der Waals surface area contributed by atoms with E-state index in [1.54, 1.807) is 0 Å². The van der Waals surface area contributed by atoms with E-state index in [0.29, 0.717) is 12.0 Å². The molecule has 0 aromatic heterocycles. The van der Waals surface area contributed by atoms with E-state index in [-0.39, 0.29) is 0 Å². The lowest BCUT2D eigenvalue weighted by Gasteiger charge is -2.21. The lowest BCUT2D eigenvalue weighted by Crippen LogP contribution is -2.32. The smallest absolute Gasteiger partial charge is 0.0210 e. The summed E-state index contributed by atoms with van der Waals surface area (Å²) in [6.07, 6.45) is 1.20. The molecule has 1 nitrogen and oxygen atoms in total. The normalized spacial score (nSPS) is 13.1. The molecule has 0 bridgehead atoms. The molecule has 1 N–H and O–H groups in total. The van der Waals surface area contributed by atoms with Crippen molar-refractivity contribution in [1.29, 1.82) is 0 Å². The topological polar surface area (TPSA) is 12.0 Å². The molecule has 1 aromatic carbocycles. The molecule has 1 unspecified atom stereocenters. The largest absolute Gasteiger partial charge is 0.310 e. The molecule has 0 aliphatic carbocycles. The fraction of sp³-hybridized carbons (Fsp3) is 0.600. The summed E-state index contributed by atoms with van der Waals surface area (Å²) >= 11 is 0. The lowest BCUT2D eigenvalue weighted by molar-refractivity contribution is 0.387. The molecular weight excluding hydrogens is 194 g/mol. The number of aryl methyl sites for hydroxylation is 1. The summed E-state index contributed by atoms with van der Waals surface area (Å²) in [6.45, 7) is 12.2. The van der Waals surface area contributed by atoms with E-state index in [9.17, 15) is 0 Å². The standard InChI is InChI=1S/C15H25N/c1-6-15(11(2)3)16-10-14-9-7-8-12(4)13(14)5/h7-9,11,15-16H,6,10H2,1-5H3. The van der Waals surface area contributed by atoms with Crippen molar-refractivity contribution in [2.45, 2.75) is 53.6 Å². The van der Waals surface area contributed by atoms with Crippen LogP contribution in [0.15, 0.2) is 18.2 Å². The Kier molecular flexibility index (Phi) is 5.01. The van der Waals surface area contributed by atoms with Crippen molar-refractivity contribution in [3.63, 3.8) is 0 Å². The Labute approximate surface area is 100 Å². The van der Waals surface area contributed by atoms with Gasteiger partial charge in [-0.15, -0.1) is 0 Å². The molecule has 0 radical (unpaired) electrons. The van der Waals surface area contributed by atoms with Crippen LogP contribution in [-0.4, -0.2) is 6.04 Å². The molecule has 0 saturated heterocycles. The summed E-state index contributed by atoms with van der Waals surface area (Å²) in [7, 11) is 0. The van der Waals surface area contributed by atoms with Gasteiger partial charge in [-0.3, -0.25) is 0 Å². The third-order valence-electron chi connectivity index (χ3n) is 3.52. The number of hydrogen-bond donors (Lipinski definition) is 1. The maximum absolute atomic E-state index is 3.65. The summed E-state index contributed by atoms with van der Waals surface area (Å²) in [5.74, 6) is 0.704. The zero-order valence-electron chi connectivity index (χ0n) is 11.3. The minimum atomic E-state index is 0.625. The molecular formula is C15H25N. The molecule has 0 aliphatic rings. The van der Waals surface area contributed by atoms with Gasteiger partial charge in [0.15, 0.2) is 0 Å². The summed E-state index contributed by atoms with van der Waals surface area (Å²) in [4.78, 5) is 0. The van der Waals surface area contributed by atoms with Crippen LogP contribution in [0.1, 0.15) is 43.9 Å². The van der Waals surface area contributed by atoms with Gasteiger partial charge in [0.05, 0.1) is 0 Å².